The summed E-state index contributed by atoms with van der Waals surface area (Å²) in [6, 6.07) is 17.5. The number of carbonyl (C=O) groups is 2. The minimum Gasteiger partial charge on any atom is -0.341 e. The van der Waals surface area contributed by atoms with Crippen molar-refractivity contribution in [1.29, 1.82) is 0 Å². The fourth-order valence-corrected chi connectivity index (χ4v) is 7.01. The predicted octanol–water partition coefficient (Wildman–Crippen LogP) is 3.76. The van der Waals surface area contributed by atoms with Gasteiger partial charge in [-0.2, -0.15) is 0 Å². The van der Waals surface area contributed by atoms with Gasteiger partial charge >= 0.3 is 11.7 Å². The van der Waals surface area contributed by atoms with Gasteiger partial charge < -0.3 is 25.0 Å². The Balaban J connectivity index is 1.09. The average Bonchev–Trinajstić information content (AvgIpc) is 3.37. The molecular weight excluding hydrogens is 516 g/mol. The molecule has 9 nitrogen and oxygen atoms in total. The van der Waals surface area contributed by atoms with Gasteiger partial charge in [-0.05, 0) is 69.3 Å². The Morgan fingerprint density at radius 3 is 2.15 bits per heavy atom. The first kappa shape index (κ1) is 27.6. The summed E-state index contributed by atoms with van der Waals surface area (Å²) < 4.78 is 1.83. The van der Waals surface area contributed by atoms with Crippen molar-refractivity contribution < 1.29 is 9.59 Å². The zero-order valence-electron chi connectivity index (χ0n) is 23.8. The molecule has 3 amide bonds. The molecule has 0 aliphatic carbocycles. The predicted molar refractivity (Wildman–Crippen MR) is 160 cm³/mol. The number of rotatable bonds is 6. The number of urea groups is 1. The van der Waals surface area contributed by atoms with E-state index in [2.05, 4.69) is 15.2 Å². The van der Waals surface area contributed by atoms with Crippen LogP contribution in [0.15, 0.2) is 59.4 Å². The molecule has 4 heterocycles. The number of nitrogens with zero attached hydrogens (tertiary/aromatic N) is 4. The Hall–Kier alpha value is -3.59. The van der Waals surface area contributed by atoms with Crippen molar-refractivity contribution >= 4 is 23.0 Å². The molecule has 3 aromatic rings. The monoisotopic (exact) mass is 558 g/mol. The molecule has 3 aliphatic rings. The molecule has 3 saturated heterocycles. The van der Waals surface area contributed by atoms with Crippen LogP contribution in [0, 0.1) is 0 Å². The highest BCUT2D eigenvalue weighted by atomic mass is 16.2. The minimum atomic E-state index is -0.606. The molecule has 3 aliphatic heterocycles. The molecular formula is C32H42N6O3. The number of piperidine rings is 3. The third-order valence-corrected chi connectivity index (χ3v) is 9.30. The summed E-state index contributed by atoms with van der Waals surface area (Å²) in [6.45, 7) is 4.91. The lowest BCUT2D eigenvalue weighted by molar-refractivity contribution is -0.134. The van der Waals surface area contributed by atoms with Gasteiger partial charge in [0.1, 0.15) is 6.04 Å². The highest BCUT2D eigenvalue weighted by molar-refractivity contribution is 5.87. The van der Waals surface area contributed by atoms with Crippen molar-refractivity contribution in [3.05, 3.63) is 70.6 Å². The number of likely N-dealkylation sites (tertiary alicyclic amines) is 3. The van der Waals surface area contributed by atoms with E-state index in [1.165, 1.54) is 32.4 Å². The average molecular weight is 559 g/mol. The lowest BCUT2D eigenvalue weighted by Gasteiger charge is -2.41. The standard InChI is InChI=1S/C32H42N6O3/c39-30(36-19-13-25(14-20-36)35-17-7-2-8-18-35)28(23-24-9-3-1-4-10-24)34-31(40)37-21-15-26(16-22-37)38-29-12-6-5-11-27(29)33-32(38)41/h1,3-6,9-12,25-26,28H,2,7-8,13-23H2,(H,33,41)(H,34,40)/t28-/m1/s1. The van der Waals surface area contributed by atoms with Crippen molar-refractivity contribution in [2.24, 2.45) is 0 Å². The fourth-order valence-electron chi connectivity index (χ4n) is 7.01. The molecule has 2 N–H and O–H groups in total. The maximum absolute atomic E-state index is 13.8. The molecule has 0 saturated carbocycles. The molecule has 0 bridgehead atoms. The number of para-hydroxylation sites is 2. The van der Waals surface area contributed by atoms with Gasteiger partial charge in [-0.3, -0.25) is 9.36 Å². The Morgan fingerprint density at radius 1 is 0.780 bits per heavy atom. The first-order valence-corrected chi connectivity index (χ1v) is 15.4. The van der Waals surface area contributed by atoms with Crippen LogP contribution in [0.1, 0.15) is 56.6 Å². The van der Waals surface area contributed by atoms with Gasteiger partial charge in [0, 0.05) is 44.7 Å². The van der Waals surface area contributed by atoms with Gasteiger partial charge in [-0.25, -0.2) is 9.59 Å². The number of carbonyl (C=O) groups excluding carboxylic acids is 2. The van der Waals surface area contributed by atoms with E-state index in [1.54, 1.807) is 4.90 Å². The number of aromatic nitrogens is 2. The number of aromatic amines is 1. The van der Waals surface area contributed by atoms with Gasteiger partial charge in [0.15, 0.2) is 0 Å². The van der Waals surface area contributed by atoms with E-state index in [0.717, 1.165) is 42.5 Å². The van der Waals surface area contributed by atoms with E-state index >= 15 is 0 Å². The summed E-state index contributed by atoms with van der Waals surface area (Å²) in [4.78, 5) is 49.3. The molecule has 218 valence electrons. The van der Waals surface area contributed by atoms with E-state index in [1.807, 2.05) is 64.1 Å². The van der Waals surface area contributed by atoms with Crippen molar-refractivity contribution in [3.8, 4) is 0 Å². The van der Waals surface area contributed by atoms with Crippen LogP contribution in [0.5, 0.6) is 0 Å². The Labute approximate surface area is 241 Å². The summed E-state index contributed by atoms with van der Waals surface area (Å²) in [5.41, 5.74) is 2.66. The highest BCUT2D eigenvalue weighted by Gasteiger charge is 2.33. The van der Waals surface area contributed by atoms with Crippen LogP contribution in [0.4, 0.5) is 4.79 Å². The molecule has 0 radical (unpaired) electrons. The minimum absolute atomic E-state index is 0.0135. The molecule has 0 spiro atoms. The number of nitrogens with one attached hydrogen (secondary N) is 2. The molecule has 0 unspecified atom stereocenters. The SMILES string of the molecule is O=C(N[C@H](Cc1ccccc1)C(=O)N1CCC(N2CCCCC2)CC1)N1CCC(n2c(=O)[nH]c3ccccc32)CC1. The summed E-state index contributed by atoms with van der Waals surface area (Å²) in [7, 11) is 0. The molecule has 1 atom stereocenters. The third kappa shape index (κ3) is 6.20. The van der Waals surface area contributed by atoms with Crippen LogP contribution >= 0.6 is 0 Å². The molecule has 41 heavy (non-hydrogen) atoms. The third-order valence-electron chi connectivity index (χ3n) is 9.30. The first-order valence-electron chi connectivity index (χ1n) is 15.4. The Bertz CT molecular complexity index is 1380. The smallest absolute Gasteiger partial charge is 0.326 e. The largest absolute Gasteiger partial charge is 0.341 e. The van der Waals surface area contributed by atoms with Gasteiger partial charge in [-0.1, -0.05) is 48.9 Å². The summed E-state index contributed by atoms with van der Waals surface area (Å²) in [5, 5.41) is 3.11. The maximum atomic E-state index is 13.8. The number of imidazole rings is 1. The summed E-state index contributed by atoms with van der Waals surface area (Å²) in [5.74, 6) is 0.0135. The quantitative estimate of drug-likeness (QED) is 0.482. The molecule has 9 heteroatoms. The molecule has 2 aromatic carbocycles. The van der Waals surface area contributed by atoms with E-state index in [0.29, 0.717) is 38.4 Å². The van der Waals surface area contributed by atoms with Crippen molar-refractivity contribution in [3.63, 3.8) is 0 Å². The zero-order chi connectivity index (χ0) is 28.2. The van der Waals surface area contributed by atoms with E-state index in [9.17, 15) is 14.4 Å². The fraction of sp³-hybridized carbons (Fsp3) is 0.531. The number of hydrogen-bond donors (Lipinski definition) is 2. The van der Waals surface area contributed by atoms with E-state index in [-0.39, 0.29) is 23.7 Å². The van der Waals surface area contributed by atoms with E-state index < -0.39 is 6.04 Å². The molecule has 1 aromatic heterocycles. The zero-order valence-corrected chi connectivity index (χ0v) is 23.8. The van der Waals surface area contributed by atoms with Crippen LogP contribution in [0.25, 0.3) is 11.0 Å². The number of fused-ring (bicyclic) bond motifs is 1. The van der Waals surface area contributed by atoms with Gasteiger partial charge in [0.25, 0.3) is 0 Å². The van der Waals surface area contributed by atoms with Crippen LogP contribution < -0.4 is 11.0 Å². The Morgan fingerprint density at radius 2 is 1.41 bits per heavy atom. The lowest BCUT2D eigenvalue weighted by atomic mass is 9.98. The number of amides is 3. The highest BCUT2D eigenvalue weighted by Crippen LogP contribution is 2.25. The van der Waals surface area contributed by atoms with Gasteiger partial charge in [0.2, 0.25) is 5.91 Å². The van der Waals surface area contributed by atoms with Gasteiger partial charge in [-0.15, -0.1) is 0 Å². The van der Waals surface area contributed by atoms with Crippen molar-refractivity contribution in [2.75, 3.05) is 39.3 Å². The molecule has 6 rings (SSSR count). The van der Waals surface area contributed by atoms with Crippen molar-refractivity contribution in [1.82, 2.24) is 29.6 Å². The Kier molecular flexibility index (Phi) is 8.41. The van der Waals surface area contributed by atoms with Crippen LogP contribution in [-0.2, 0) is 11.2 Å². The second kappa shape index (κ2) is 12.5. The number of benzene rings is 2. The molecule has 3 fully saturated rings. The van der Waals surface area contributed by atoms with Crippen LogP contribution in [0.2, 0.25) is 0 Å². The maximum Gasteiger partial charge on any atom is 0.326 e. The lowest BCUT2D eigenvalue weighted by Crippen LogP contribution is -2.56. The number of H-pyrrole nitrogens is 1. The topological polar surface area (TPSA) is 93.7 Å². The second-order valence-corrected chi connectivity index (χ2v) is 11.9. The summed E-state index contributed by atoms with van der Waals surface area (Å²) in [6.07, 6.45) is 7.73. The van der Waals surface area contributed by atoms with Crippen LogP contribution in [0.3, 0.4) is 0 Å². The van der Waals surface area contributed by atoms with E-state index in [4.69, 9.17) is 0 Å². The summed E-state index contributed by atoms with van der Waals surface area (Å²) >= 11 is 0. The number of hydrogen-bond acceptors (Lipinski definition) is 4. The first-order chi connectivity index (χ1) is 20.1. The van der Waals surface area contributed by atoms with Crippen molar-refractivity contribution in [2.45, 2.75) is 69.5 Å². The van der Waals surface area contributed by atoms with Crippen LogP contribution in [-0.4, -0.2) is 87.5 Å². The van der Waals surface area contributed by atoms with Gasteiger partial charge in [0.05, 0.1) is 11.0 Å². The normalized spacial score (nSPS) is 20.3. The second-order valence-electron chi connectivity index (χ2n) is 11.9.